The number of anilines is 1. The van der Waals surface area contributed by atoms with Gasteiger partial charge < -0.3 is 15.8 Å². The highest BCUT2D eigenvalue weighted by Crippen LogP contribution is 2.14. The second kappa shape index (κ2) is 9.34. The molecule has 112 valence electrons. The highest BCUT2D eigenvalue weighted by Gasteiger charge is 2.09. The van der Waals surface area contributed by atoms with E-state index in [4.69, 9.17) is 10.5 Å². The first-order chi connectivity index (χ1) is 9.69. The highest BCUT2D eigenvalue weighted by molar-refractivity contribution is 5.92. The Morgan fingerprint density at radius 3 is 2.55 bits per heavy atom. The Kier molecular flexibility index (Phi) is 7.69. The summed E-state index contributed by atoms with van der Waals surface area (Å²) in [7, 11) is 1.62. The highest BCUT2D eigenvalue weighted by atomic mass is 16.5. The minimum Gasteiger partial charge on any atom is -0.497 e. The smallest absolute Gasteiger partial charge is 0.238 e. The Morgan fingerprint density at radius 1 is 1.30 bits per heavy atom. The first kappa shape index (κ1) is 16.5. The summed E-state index contributed by atoms with van der Waals surface area (Å²) >= 11 is 0. The number of ether oxygens (including phenoxy) is 1. The molecule has 0 spiro atoms. The molecule has 0 radical (unpaired) electrons. The summed E-state index contributed by atoms with van der Waals surface area (Å²) in [6, 6.07) is 7.32. The van der Waals surface area contributed by atoms with E-state index in [1.54, 1.807) is 7.11 Å². The number of nitrogens with one attached hydrogen (secondary N) is 1. The van der Waals surface area contributed by atoms with Gasteiger partial charge in [-0.2, -0.15) is 0 Å². The zero-order valence-corrected chi connectivity index (χ0v) is 12.4. The molecule has 0 saturated heterocycles. The van der Waals surface area contributed by atoms with Crippen LogP contribution in [0.3, 0.4) is 0 Å². The molecule has 0 aliphatic rings. The predicted octanol–water partition coefficient (Wildman–Crippen LogP) is 1.69. The standard InChI is InChI=1S/C15H25N3O2/c1-3-10-18(11-4-9-16)12-15(19)17-13-5-7-14(20-2)8-6-13/h5-8H,3-4,9-12,16H2,1-2H3,(H,17,19). The molecule has 1 aromatic rings. The van der Waals surface area contributed by atoms with Crippen molar-refractivity contribution < 1.29 is 9.53 Å². The maximum Gasteiger partial charge on any atom is 0.238 e. The first-order valence-corrected chi connectivity index (χ1v) is 7.06. The number of carbonyl (C=O) groups is 1. The molecule has 20 heavy (non-hydrogen) atoms. The maximum atomic E-state index is 12.0. The fraction of sp³-hybridized carbons (Fsp3) is 0.533. The Bertz CT molecular complexity index is 393. The van der Waals surface area contributed by atoms with Crippen LogP contribution < -0.4 is 15.8 Å². The van der Waals surface area contributed by atoms with Crippen molar-refractivity contribution in [3.05, 3.63) is 24.3 Å². The van der Waals surface area contributed by atoms with Gasteiger partial charge in [0.05, 0.1) is 13.7 Å². The summed E-state index contributed by atoms with van der Waals surface area (Å²) < 4.78 is 5.08. The van der Waals surface area contributed by atoms with E-state index in [0.29, 0.717) is 13.1 Å². The molecule has 0 heterocycles. The van der Waals surface area contributed by atoms with Crippen LogP contribution in [-0.2, 0) is 4.79 Å². The molecule has 0 fully saturated rings. The summed E-state index contributed by atoms with van der Waals surface area (Å²) in [6.45, 7) is 4.94. The second-order valence-electron chi connectivity index (χ2n) is 4.70. The number of nitrogens with two attached hydrogens (primary N) is 1. The number of nitrogens with zero attached hydrogens (tertiary/aromatic N) is 1. The van der Waals surface area contributed by atoms with E-state index in [9.17, 15) is 4.79 Å². The Balaban J connectivity index is 2.46. The quantitative estimate of drug-likeness (QED) is 0.722. The topological polar surface area (TPSA) is 67.6 Å². The van der Waals surface area contributed by atoms with Crippen LogP contribution in [0.15, 0.2) is 24.3 Å². The molecule has 1 amide bonds. The fourth-order valence-electron chi connectivity index (χ4n) is 1.98. The van der Waals surface area contributed by atoms with E-state index in [1.165, 1.54) is 0 Å². The van der Waals surface area contributed by atoms with E-state index in [0.717, 1.165) is 37.4 Å². The molecule has 5 heteroatoms. The van der Waals surface area contributed by atoms with Gasteiger partial charge in [0.25, 0.3) is 0 Å². The summed E-state index contributed by atoms with van der Waals surface area (Å²) in [5.41, 5.74) is 6.30. The molecule has 3 N–H and O–H groups in total. The monoisotopic (exact) mass is 279 g/mol. The molecule has 1 aromatic carbocycles. The average molecular weight is 279 g/mol. The van der Waals surface area contributed by atoms with E-state index >= 15 is 0 Å². The zero-order chi connectivity index (χ0) is 14.8. The molecule has 0 saturated carbocycles. The van der Waals surface area contributed by atoms with Gasteiger partial charge in [0.1, 0.15) is 5.75 Å². The van der Waals surface area contributed by atoms with Gasteiger partial charge in [0, 0.05) is 5.69 Å². The summed E-state index contributed by atoms with van der Waals surface area (Å²) in [5.74, 6) is 0.777. The summed E-state index contributed by atoms with van der Waals surface area (Å²) in [4.78, 5) is 14.1. The van der Waals surface area contributed by atoms with Gasteiger partial charge in [-0.05, 0) is 56.7 Å². The molecular weight excluding hydrogens is 254 g/mol. The lowest BCUT2D eigenvalue weighted by atomic mass is 10.3. The van der Waals surface area contributed by atoms with Crippen LogP contribution >= 0.6 is 0 Å². The number of rotatable bonds is 9. The molecule has 0 aromatic heterocycles. The van der Waals surface area contributed by atoms with Crippen molar-refractivity contribution in [2.24, 2.45) is 5.73 Å². The molecule has 5 nitrogen and oxygen atoms in total. The Hall–Kier alpha value is -1.59. The molecule has 0 aliphatic carbocycles. The normalized spacial score (nSPS) is 10.6. The molecule has 1 rings (SSSR count). The third-order valence-electron chi connectivity index (χ3n) is 2.96. The molecule has 0 aliphatic heterocycles. The summed E-state index contributed by atoms with van der Waals surface area (Å²) in [6.07, 6.45) is 1.94. The van der Waals surface area contributed by atoms with Gasteiger partial charge in [-0.25, -0.2) is 0 Å². The second-order valence-corrected chi connectivity index (χ2v) is 4.70. The lowest BCUT2D eigenvalue weighted by Crippen LogP contribution is -2.35. The SMILES string of the molecule is CCCN(CCCN)CC(=O)Nc1ccc(OC)cc1. The number of hydrogen-bond donors (Lipinski definition) is 2. The number of benzene rings is 1. The van der Waals surface area contributed by atoms with E-state index in [2.05, 4.69) is 17.1 Å². The van der Waals surface area contributed by atoms with Gasteiger partial charge in [-0.15, -0.1) is 0 Å². The Labute approximate surface area is 121 Å². The van der Waals surface area contributed by atoms with E-state index in [1.807, 2.05) is 24.3 Å². The molecule has 0 atom stereocenters. The van der Waals surface area contributed by atoms with Crippen molar-refractivity contribution in [1.29, 1.82) is 0 Å². The van der Waals surface area contributed by atoms with Gasteiger partial charge in [-0.1, -0.05) is 6.92 Å². The Morgan fingerprint density at radius 2 is 2.00 bits per heavy atom. The van der Waals surface area contributed by atoms with E-state index < -0.39 is 0 Å². The lowest BCUT2D eigenvalue weighted by Gasteiger charge is -2.20. The van der Waals surface area contributed by atoms with Gasteiger partial charge >= 0.3 is 0 Å². The number of hydrogen-bond acceptors (Lipinski definition) is 4. The largest absolute Gasteiger partial charge is 0.497 e. The minimum absolute atomic E-state index is 0.000591. The zero-order valence-electron chi connectivity index (χ0n) is 12.4. The van der Waals surface area contributed by atoms with Gasteiger partial charge in [0.2, 0.25) is 5.91 Å². The van der Waals surface area contributed by atoms with Crippen molar-refractivity contribution in [2.45, 2.75) is 19.8 Å². The van der Waals surface area contributed by atoms with Gasteiger partial charge in [0.15, 0.2) is 0 Å². The molecule has 0 unspecified atom stereocenters. The average Bonchev–Trinajstić information content (AvgIpc) is 2.45. The van der Waals surface area contributed by atoms with Crippen LogP contribution in [0.2, 0.25) is 0 Å². The van der Waals surface area contributed by atoms with Crippen LogP contribution in [0.1, 0.15) is 19.8 Å². The third kappa shape index (κ3) is 6.04. The number of methoxy groups -OCH3 is 1. The van der Waals surface area contributed by atoms with E-state index in [-0.39, 0.29) is 5.91 Å². The third-order valence-corrected chi connectivity index (χ3v) is 2.96. The van der Waals surface area contributed by atoms with Gasteiger partial charge in [-0.3, -0.25) is 9.69 Å². The van der Waals surface area contributed by atoms with Crippen molar-refractivity contribution >= 4 is 11.6 Å². The van der Waals surface area contributed by atoms with Crippen molar-refractivity contribution in [1.82, 2.24) is 4.90 Å². The molecular formula is C15H25N3O2. The predicted molar refractivity (Wildman–Crippen MR) is 82.0 cm³/mol. The van der Waals surface area contributed by atoms with Crippen molar-refractivity contribution in [2.75, 3.05) is 38.6 Å². The molecule has 0 bridgehead atoms. The lowest BCUT2D eigenvalue weighted by molar-refractivity contribution is -0.117. The van der Waals surface area contributed by atoms with Crippen LogP contribution in [-0.4, -0.2) is 44.1 Å². The fourth-order valence-corrected chi connectivity index (χ4v) is 1.98. The number of amides is 1. The van der Waals surface area contributed by atoms with Crippen LogP contribution in [0, 0.1) is 0 Å². The van der Waals surface area contributed by atoms with Crippen molar-refractivity contribution in [3.8, 4) is 5.75 Å². The van der Waals surface area contributed by atoms with Crippen LogP contribution in [0.5, 0.6) is 5.75 Å². The maximum absolute atomic E-state index is 12.0. The minimum atomic E-state index is 0.000591. The summed E-state index contributed by atoms with van der Waals surface area (Å²) in [5, 5.41) is 2.89. The number of carbonyl (C=O) groups excluding carboxylic acids is 1. The van der Waals surface area contributed by atoms with Crippen molar-refractivity contribution in [3.63, 3.8) is 0 Å². The van der Waals surface area contributed by atoms with Crippen LogP contribution in [0.25, 0.3) is 0 Å². The first-order valence-electron chi connectivity index (χ1n) is 7.06. The van der Waals surface area contributed by atoms with Crippen LogP contribution in [0.4, 0.5) is 5.69 Å².